The topological polar surface area (TPSA) is 75.7 Å². The number of amides is 4. The van der Waals surface area contributed by atoms with Gasteiger partial charge in [-0.15, -0.1) is 0 Å². The average molecular weight is 863 g/mol. The Morgan fingerprint density at radius 3 is 2.14 bits per heavy atom. The molecule has 4 saturated carbocycles. The van der Waals surface area contributed by atoms with Crippen molar-refractivity contribution in [1.82, 2.24) is 5.32 Å². The number of urea groups is 1. The van der Waals surface area contributed by atoms with E-state index < -0.39 is 17.8 Å². The van der Waals surface area contributed by atoms with Crippen molar-refractivity contribution in [3.63, 3.8) is 0 Å². The first kappa shape index (κ1) is 29.5. The van der Waals surface area contributed by atoms with Crippen LogP contribution in [0.3, 0.4) is 0 Å². The van der Waals surface area contributed by atoms with Gasteiger partial charge in [-0.05, 0) is 182 Å². The number of hydrogen-bond acceptors (Lipinski definition) is 4. The lowest BCUT2D eigenvalue weighted by atomic mass is 9.48. The number of barbiturate groups is 1. The average Bonchev–Trinajstić information content (AvgIpc) is 2.95. The summed E-state index contributed by atoms with van der Waals surface area (Å²) in [5.41, 5.74) is 3.60. The molecule has 43 heavy (non-hydrogen) atoms. The molecule has 3 aromatic carbocycles. The molecule has 0 unspecified atom stereocenters. The highest BCUT2D eigenvalue weighted by Gasteiger charge is 2.51. The highest BCUT2D eigenvalue weighted by atomic mass is 127. The van der Waals surface area contributed by atoms with E-state index >= 15 is 0 Å². The van der Waals surface area contributed by atoms with E-state index in [0.29, 0.717) is 28.1 Å². The summed E-state index contributed by atoms with van der Waals surface area (Å²) in [4.78, 5) is 40.4. The molecule has 5 fully saturated rings. The molecule has 6 nitrogen and oxygen atoms in total. The first-order valence-corrected chi connectivity index (χ1v) is 17.5. The number of ether oxygens (including phenoxy) is 1. The Morgan fingerprint density at radius 1 is 0.907 bits per heavy atom. The number of benzene rings is 3. The van der Waals surface area contributed by atoms with Crippen molar-refractivity contribution in [2.45, 2.75) is 50.5 Å². The van der Waals surface area contributed by atoms with Crippen LogP contribution in [0.1, 0.15) is 55.2 Å². The van der Waals surface area contributed by atoms with Crippen molar-refractivity contribution in [2.75, 3.05) is 4.90 Å². The van der Waals surface area contributed by atoms with Crippen molar-refractivity contribution < 1.29 is 19.1 Å². The summed E-state index contributed by atoms with van der Waals surface area (Å²) in [5, 5.41) is 2.35. The largest absolute Gasteiger partial charge is 0.487 e. The molecule has 1 aliphatic heterocycles. The number of rotatable bonds is 6. The molecular weight excluding hydrogens is 834 g/mol. The third-order valence-electron chi connectivity index (χ3n) is 9.51. The lowest BCUT2D eigenvalue weighted by Gasteiger charge is -2.57. The number of anilines is 1. The molecule has 4 bridgehead atoms. The third-order valence-corrected chi connectivity index (χ3v) is 11.6. The van der Waals surface area contributed by atoms with Gasteiger partial charge in [-0.1, -0.05) is 24.3 Å². The van der Waals surface area contributed by atoms with Crippen LogP contribution in [0.2, 0.25) is 0 Å². The molecule has 5 aliphatic rings. The van der Waals surface area contributed by atoms with E-state index in [9.17, 15) is 14.4 Å². The molecular formula is C34H29BrI2N2O4. The second kappa shape index (κ2) is 11.6. The molecule has 0 radical (unpaired) electrons. The van der Waals surface area contributed by atoms with Gasteiger partial charge in [-0.3, -0.25) is 14.9 Å². The summed E-state index contributed by atoms with van der Waals surface area (Å²) in [6, 6.07) is 19.0. The van der Waals surface area contributed by atoms with Crippen LogP contribution in [0.5, 0.6) is 5.75 Å². The van der Waals surface area contributed by atoms with Gasteiger partial charge in [0.2, 0.25) is 0 Å². The molecule has 4 amide bonds. The fourth-order valence-corrected chi connectivity index (χ4v) is 10.2. The zero-order valence-corrected chi connectivity index (χ0v) is 29.1. The Balaban J connectivity index is 1.11. The lowest BCUT2D eigenvalue weighted by molar-refractivity contribution is -0.122. The maximum atomic E-state index is 13.6. The minimum Gasteiger partial charge on any atom is -0.487 e. The number of halogens is 3. The first-order valence-electron chi connectivity index (χ1n) is 14.6. The van der Waals surface area contributed by atoms with E-state index in [-0.39, 0.29) is 11.0 Å². The van der Waals surface area contributed by atoms with Gasteiger partial charge in [0.05, 0.1) is 13.7 Å². The van der Waals surface area contributed by atoms with Crippen molar-refractivity contribution in [3.05, 3.63) is 94.5 Å². The van der Waals surface area contributed by atoms with Crippen LogP contribution in [0.4, 0.5) is 10.5 Å². The second-order valence-corrected chi connectivity index (χ2v) is 15.7. The molecule has 8 rings (SSSR count). The Bertz CT molecular complexity index is 1610. The smallest absolute Gasteiger partial charge is 0.335 e. The number of carbonyl (C=O) groups excluding carboxylic acids is 3. The number of hydrogen-bond donors (Lipinski definition) is 1. The van der Waals surface area contributed by atoms with E-state index in [2.05, 4.69) is 78.6 Å². The summed E-state index contributed by atoms with van der Waals surface area (Å²) in [5.74, 6) is 1.82. The van der Waals surface area contributed by atoms with Crippen molar-refractivity contribution in [2.24, 2.45) is 17.8 Å². The summed E-state index contributed by atoms with van der Waals surface area (Å²) in [7, 11) is 0. The molecule has 1 heterocycles. The molecule has 1 N–H and O–H groups in total. The Morgan fingerprint density at radius 2 is 1.53 bits per heavy atom. The molecule has 1 saturated heterocycles. The van der Waals surface area contributed by atoms with Crippen LogP contribution in [0.15, 0.2) is 70.7 Å². The zero-order valence-electron chi connectivity index (χ0n) is 23.2. The fraction of sp³-hybridized carbons (Fsp3) is 0.324. The van der Waals surface area contributed by atoms with Crippen LogP contribution < -0.4 is 15.0 Å². The first-order chi connectivity index (χ1) is 20.7. The van der Waals surface area contributed by atoms with Gasteiger partial charge in [0, 0.05) is 3.57 Å². The Labute approximate surface area is 286 Å². The standard InChI is InChI=1S/C34H29BrI2N2O4/c35-28-13-20(14-29(37)30(28)43-18-19-1-5-25(36)6-2-19)12-27-31(40)38-33(42)39(32(27)41)26-7-3-24(4-8-26)34-15-21-9-22(16-34)11-23(10-21)17-34/h1-8,12-14,21-23H,9-11,15-18H2,(H,38,40,42)/b27-12+. The molecule has 0 atom stereocenters. The Kier molecular flexibility index (Phi) is 7.94. The molecule has 0 spiro atoms. The molecule has 0 aromatic heterocycles. The molecule has 4 aliphatic carbocycles. The van der Waals surface area contributed by atoms with Gasteiger partial charge in [-0.25, -0.2) is 9.69 Å². The predicted molar refractivity (Wildman–Crippen MR) is 186 cm³/mol. The normalized spacial score (nSPS) is 27.1. The highest BCUT2D eigenvalue weighted by Crippen LogP contribution is 2.60. The maximum absolute atomic E-state index is 13.6. The minimum absolute atomic E-state index is 0.0972. The summed E-state index contributed by atoms with van der Waals surface area (Å²) < 4.78 is 8.76. The number of nitrogens with one attached hydrogen (secondary N) is 1. The van der Waals surface area contributed by atoms with Gasteiger partial charge < -0.3 is 4.74 Å². The van der Waals surface area contributed by atoms with Crippen molar-refractivity contribution in [1.29, 1.82) is 0 Å². The molecule has 220 valence electrons. The van der Waals surface area contributed by atoms with Crippen molar-refractivity contribution in [3.8, 4) is 5.75 Å². The quantitative estimate of drug-likeness (QED) is 0.154. The van der Waals surface area contributed by atoms with Crippen LogP contribution in [0, 0.1) is 24.9 Å². The van der Waals surface area contributed by atoms with E-state index in [0.717, 1.165) is 35.4 Å². The third kappa shape index (κ3) is 5.69. The molecule has 9 heteroatoms. The number of carbonyl (C=O) groups is 3. The van der Waals surface area contributed by atoms with Crippen molar-refractivity contribution >= 4 is 90.7 Å². The van der Waals surface area contributed by atoms with E-state index in [1.54, 1.807) is 6.07 Å². The zero-order chi connectivity index (χ0) is 29.9. The van der Waals surface area contributed by atoms with Gasteiger partial charge in [0.1, 0.15) is 17.9 Å². The van der Waals surface area contributed by atoms with Crippen LogP contribution in [-0.4, -0.2) is 17.8 Å². The van der Waals surface area contributed by atoms with E-state index in [1.165, 1.54) is 50.2 Å². The Hall–Kier alpha value is -2.25. The predicted octanol–water partition coefficient (Wildman–Crippen LogP) is 8.37. The summed E-state index contributed by atoms with van der Waals surface area (Å²) in [6.07, 6.45) is 9.38. The maximum Gasteiger partial charge on any atom is 0.335 e. The SMILES string of the molecule is O=C1NC(=O)N(c2ccc(C34CC5CC(CC(C5)C3)C4)cc2)C(=O)/C1=C/c1cc(Br)c(OCc2ccc(I)cc2)c(I)c1. The monoisotopic (exact) mass is 862 g/mol. The fourth-order valence-electron chi connectivity index (χ4n) is 8.02. The van der Waals surface area contributed by atoms with Gasteiger partial charge in [-0.2, -0.15) is 0 Å². The lowest BCUT2D eigenvalue weighted by Crippen LogP contribution is -2.54. The highest BCUT2D eigenvalue weighted by molar-refractivity contribution is 14.1. The van der Waals surface area contributed by atoms with Crippen LogP contribution in [-0.2, 0) is 21.6 Å². The minimum atomic E-state index is -0.732. The number of nitrogens with zero attached hydrogens (tertiary/aromatic N) is 1. The van der Waals surface area contributed by atoms with E-state index in [1.807, 2.05) is 42.5 Å². The molecule has 3 aromatic rings. The van der Waals surface area contributed by atoms with E-state index in [4.69, 9.17) is 4.74 Å². The van der Waals surface area contributed by atoms with Gasteiger partial charge in [0.25, 0.3) is 11.8 Å². The van der Waals surface area contributed by atoms with Gasteiger partial charge >= 0.3 is 6.03 Å². The number of imide groups is 2. The second-order valence-electron chi connectivity index (χ2n) is 12.4. The van der Waals surface area contributed by atoms with Crippen LogP contribution in [0.25, 0.3) is 6.08 Å². The van der Waals surface area contributed by atoms with Crippen LogP contribution >= 0.6 is 61.1 Å². The van der Waals surface area contributed by atoms with Gasteiger partial charge in [0.15, 0.2) is 0 Å². The summed E-state index contributed by atoms with van der Waals surface area (Å²) in [6.45, 7) is 0.408. The summed E-state index contributed by atoms with van der Waals surface area (Å²) >= 11 is 8.04.